The Hall–Kier alpha value is -1.61. The Morgan fingerprint density at radius 2 is 2.10 bits per heavy atom. The van der Waals surface area contributed by atoms with Gasteiger partial charge in [0.25, 0.3) is 5.91 Å². The Bertz CT molecular complexity index is 786. The van der Waals surface area contributed by atoms with Gasteiger partial charge >= 0.3 is 0 Å². The van der Waals surface area contributed by atoms with E-state index in [0.717, 1.165) is 11.3 Å². The first-order valence-electron chi connectivity index (χ1n) is 5.57. The minimum Gasteiger partial charge on any atom is -0.495 e. The van der Waals surface area contributed by atoms with Crippen LogP contribution in [-0.4, -0.2) is 21.4 Å². The summed E-state index contributed by atoms with van der Waals surface area (Å²) >= 11 is 6.84. The summed E-state index contributed by atoms with van der Waals surface area (Å²) in [6, 6.07) is 5.99. The van der Waals surface area contributed by atoms with Gasteiger partial charge in [-0.05, 0) is 24.3 Å². The molecular formula is C12H11ClN2O4S2. The van der Waals surface area contributed by atoms with E-state index in [1.54, 1.807) is 12.1 Å². The van der Waals surface area contributed by atoms with Gasteiger partial charge in [-0.3, -0.25) is 4.79 Å². The lowest BCUT2D eigenvalue weighted by atomic mass is 10.2. The fourth-order valence-electron chi connectivity index (χ4n) is 1.53. The van der Waals surface area contributed by atoms with Crippen LogP contribution in [0.4, 0.5) is 5.69 Å². The lowest BCUT2D eigenvalue weighted by Gasteiger charge is -2.07. The van der Waals surface area contributed by atoms with Crippen LogP contribution in [-0.2, 0) is 10.0 Å². The number of carbonyl (C=O) groups is 1. The van der Waals surface area contributed by atoms with Crippen LogP contribution in [0.5, 0.6) is 5.75 Å². The molecule has 0 unspecified atom stereocenters. The number of hydrogen-bond acceptors (Lipinski definition) is 5. The van der Waals surface area contributed by atoms with E-state index >= 15 is 0 Å². The molecule has 3 N–H and O–H groups in total. The first kappa shape index (κ1) is 15.8. The Morgan fingerprint density at radius 3 is 2.62 bits per heavy atom. The number of thiophene rings is 1. The van der Waals surface area contributed by atoms with Crippen molar-refractivity contribution in [3.05, 3.63) is 40.2 Å². The van der Waals surface area contributed by atoms with Crippen molar-refractivity contribution < 1.29 is 17.9 Å². The second-order valence-electron chi connectivity index (χ2n) is 4.00. The highest BCUT2D eigenvalue weighted by Gasteiger charge is 2.15. The Kier molecular flexibility index (Phi) is 4.52. The van der Waals surface area contributed by atoms with E-state index in [4.69, 9.17) is 21.5 Å². The minimum absolute atomic E-state index is 0.0691. The molecule has 0 fully saturated rings. The molecule has 0 bridgehead atoms. The molecule has 0 atom stereocenters. The summed E-state index contributed by atoms with van der Waals surface area (Å²) in [5.41, 5.74) is 0.671. The Morgan fingerprint density at radius 1 is 1.38 bits per heavy atom. The zero-order valence-corrected chi connectivity index (χ0v) is 13.2. The SMILES string of the molecule is COc1ccc(NC(=O)c2csc(S(N)(=O)=O)c2)cc1Cl. The molecule has 1 aromatic carbocycles. The zero-order valence-electron chi connectivity index (χ0n) is 10.8. The molecule has 0 radical (unpaired) electrons. The largest absolute Gasteiger partial charge is 0.495 e. The average Bonchev–Trinajstić information content (AvgIpc) is 2.88. The number of amides is 1. The average molecular weight is 347 g/mol. The third kappa shape index (κ3) is 3.73. The van der Waals surface area contributed by atoms with Gasteiger partial charge < -0.3 is 10.1 Å². The number of carbonyl (C=O) groups excluding carboxylic acids is 1. The number of rotatable bonds is 4. The van der Waals surface area contributed by atoms with Crippen molar-refractivity contribution in [1.82, 2.24) is 0 Å². The van der Waals surface area contributed by atoms with Crippen molar-refractivity contribution >= 4 is 44.6 Å². The number of sulfonamides is 1. The summed E-state index contributed by atoms with van der Waals surface area (Å²) < 4.78 is 27.3. The molecule has 0 aliphatic rings. The highest BCUT2D eigenvalue weighted by molar-refractivity contribution is 7.91. The monoisotopic (exact) mass is 346 g/mol. The van der Waals surface area contributed by atoms with E-state index < -0.39 is 15.9 Å². The Balaban J connectivity index is 2.18. The van der Waals surface area contributed by atoms with Crippen LogP contribution in [0.2, 0.25) is 5.02 Å². The number of hydrogen-bond donors (Lipinski definition) is 2. The molecular weight excluding hydrogens is 336 g/mol. The summed E-state index contributed by atoms with van der Waals surface area (Å²) in [6.45, 7) is 0. The van der Waals surface area contributed by atoms with Crippen LogP contribution in [0.3, 0.4) is 0 Å². The highest BCUT2D eigenvalue weighted by Crippen LogP contribution is 2.27. The van der Waals surface area contributed by atoms with Gasteiger partial charge in [-0.1, -0.05) is 11.6 Å². The third-order valence-corrected chi connectivity index (χ3v) is 5.21. The Labute approximate surface area is 130 Å². The molecule has 9 heteroatoms. The van der Waals surface area contributed by atoms with Gasteiger partial charge in [0.15, 0.2) is 0 Å². The number of halogens is 1. The van der Waals surface area contributed by atoms with Gasteiger partial charge in [-0.2, -0.15) is 0 Å². The van der Waals surface area contributed by atoms with E-state index in [-0.39, 0.29) is 9.77 Å². The number of benzene rings is 1. The normalized spacial score (nSPS) is 11.2. The van der Waals surface area contributed by atoms with Crippen molar-refractivity contribution in [3.8, 4) is 5.75 Å². The quantitative estimate of drug-likeness (QED) is 0.887. The smallest absolute Gasteiger partial charge is 0.256 e. The fourth-order valence-corrected chi connectivity index (χ4v) is 3.38. The standard InChI is InChI=1S/C12H11ClN2O4S2/c1-19-10-3-2-8(5-9(10)13)15-12(16)7-4-11(20-6-7)21(14,17)18/h2-6H,1H3,(H,15,16)(H2,14,17,18). The molecule has 21 heavy (non-hydrogen) atoms. The van der Waals surface area contributed by atoms with Crippen LogP contribution in [0.25, 0.3) is 0 Å². The van der Waals surface area contributed by atoms with Gasteiger partial charge in [0.05, 0.1) is 17.7 Å². The van der Waals surface area contributed by atoms with Crippen LogP contribution in [0.1, 0.15) is 10.4 Å². The molecule has 1 aromatic heterocycles. The number of primary sulfonamides is 1. The lowest BCUT2D eigenvalue weighted by Crippen LogP contribution is -2.12. The van der Waals surface area contributed by atoms with E-state index in [0.29, 0.717) is 16.5 Å². The van der Waals surface area contributed by atoms with Crippen LogP contribution in [0, 0.1) is 0 Å². The maximum atomic E-state index is 12.0. The second kappa shape index (κ2) is 6.02. The molecule has 0 aliphatic carbocycles. The van der Waals surface area contributed by atoms with E-state index in [1.165, 1.54) is 24.6 Å². The predicted molar refractivity (Wildman–Crippen MR) is 81.6 cm³/mol. The van der Waals surface area contributed by atoms with Crippen LogP contribution < -0.4 is 15.2 Å². The number of ether oxygens (including phenoxy) is 1. The maximum Gasteiger partial charge on any atom is 0.256 e. The molecule has 0 spiro atoms. The summed E-state index contributed by atoms with van der Waals surface area (Å²) in [4.78, 5) is 12.0. The van der Waals surface area contributed by atoms with Crippen LogP contribution in [0.15, 0.2) is 33.9 Å². The van der Waals surface area contributed by atoms with Gasteiger partial charge in [0.2, 0.25) is 10.0 Å². The molecule has 1 amide bonds. The number of nitrogens with one attached hydrogen (secondary N) is 1. The minimum atomic E-state index is -3.80. The number of methoxy groups -OCH3 is 1. The summed E-state index contributed by atoms with van der Waals surface area (Å²) in [7, 11) is -2.32. The van der Waals surface area contributed by atoms with Gasteiger partial charge in [0.1, 0.15) is 9.96 Å². The first-order valence-corrected chi connectivity index (χ1v) is 8.38. The van der Waals surface area contributed by atoms with E-state index in [1.807, 2.05) is 0 Å². The van der Waals surface area contributed by atoms with E-state index in [2.05, 4.69) is 5.32 Å². The van der Waals surface area contributed by atoms with Crippen molar-refractivity contribution in [2.45, 2.75) is 4.21 Å². The first-order chi connectivity index (χ1) is 9.81. The fraction of sp³-hybridized carbons (Fsp3) is 0.0833. The van der Waals surface area contributed by atoms with Crippen molar-refractivity contribution in [3.63, 3.8) is 0 Å². The van der Waals surface area contributed by atoms with E-state index in [9.17, 15) is 13.2 Å². The topological polar surface area (TPSA) is 98.5 Å². The summed E-state index contributed by atoms with van der Waals surface area (Å²) in [5.74, 6) is 0.0316. The number of nitrogens with two attached hydrogens (primary N) is 1. The highest BCUT2D eigenvalue weighted by atomic mass is 35.5. The third-order valence-electron chi connectivity index (χ3n) is 2.53. The molecule has 1 heterocycles. The molecule has 112 valence electrons. The summed E-state index contributed by atoms with van der Waals surface area (Å²) in [5, 5.41) is 9.37. The summed E-state index contributed by atoms with van der Waals surface area (Å²) in [6.07, 6.45) is 0. The number of anilines is 1. The molecule has 2 rings (SSSR count). The van der Waals surface area contributed by atoms with Crippen LogP contribution >= 0.6 is 22.9 Å². The van der Waals surface area contributed by atoms with Gasteiger partial charge in [0, 0.05) is 11.1 Å². The second-order valence-corrected chi connectivity index (χ2v) is 7.11. The maximum absolute atomic E-state index is 12.0. The van der Waals surface area contributed by atoms with Crippen molar-refractivity contribution in [2.24, 2.45) is 5.14 Å². The molecule has 6 nitrogen and oxygen atoms in total. The van der Waals surface area contributed by atoms with Gasteiger partial charge in [-0.25, -0.2) is 13.6 Å². The zero-order chi connectivity index (χ0) is 15.6. The van der Waals surface area contributed by atoms with Gasteiger partial charge in [-0.15, -0.1) is 11.3 Å². The molecule has 0 aliphatic heterocycles. The predicted octanol–water partition coefficient (Wildman–Crippen LogP) is 2.31. The molecule has 0 saturated heterocycles. The molecule has 0 saturated carbocycles. The van der Waals surface area contributed by atoms with Crippen molar-refractivity contribution in [2.75, 3.05) is 12.4 Å². The molecule has 2 aromatic rings. The lowest BCUT2D eigenvalue weighted by molar-refractivity contribution is 0.102. The van der Waals surface area contributed by atoms with Crippen molar-refractivity contribution in [1.29, 1.82) is 0 Å².